The Labute approximate surface area is 168 Å². The number of likely N-dealkylation sites (tertiary alicyclic amines) is 1. The molecule has 0 spiro atoms. The minimum atomic E-state index is -0.504. The van der Waals surface area contributed by atoms with Gasteiger partial charge in [-0.1, -0.05) is 13.0 Å². The molecule has 1 aliphatic heterocycles. The average Bonchev–Trinajstić information content (AvgIpc) is 3.29. The van der Waals surface area contributed by atoms with Crippen molar-refractivity contribution in [2.45, 2.75) is 70.5 Å². The molecule has 0 aromatic heterocycles. The van der Waals surface area contributed by atoms with Crippen molar-refractivity contribution in [3.05, 3.63) is 23.8 Å². The number of aliphatic hydroxyl groups is 1. The number of carbonyl (C=O) groups is 1. The molecule has 5 nitrogen and oxygen atoms in total. The normalized spacial score (nSPS) is 29.1. The number of aliphatic hydroxyl groups excluding tert-OH is 1. The van der Waals surface area contributed by atoms with E-state index >= 15 is 0 Å². The SMILES string of the molecule is COc1ccc([C@@H]2CN(C(=O)C3CC3)C[C@@]2(C)[C@@H](C)O)cc1OC1CCCC1. The Kier molecular flexibility index (Phi) is 5.30. The summed E-state index contributed by atoms with van der Waals surface area (Å²) in [6.45, 7) is 5.21. The van der Waals surface area contributed by atoms with E-state index in [2.05, 4.69) is 19.1 Å². The van der Waals surface area contributed by atoms with Crippen molar-refractivity contribution in [1.29, 1.82) is 0 Å². The number of benzene rings is 1. The van der Waals surface area contributed by atoms with Crippen LogP contribution < -0.4 is 9.47 Å². The number of nitrogens with zero attached hydrogens (tertiary/aromatic N) is 1. The van der Waals surface area contributed by atoms with E-state index in [1.807, 2.05) is 17.9 Å². The molecule has 4 rings (SSSR count). The van der Waals surface area contributed by atoms with Gasteiger partial charge in [0.15, 0.2) is 11.5 Å². The summed E-state index contributed by atoms with van der Waals surface area (Å²) in [5.74, 6) is 2.07. The molecule has 1 N–H and O–H groups in total. The van der Waals surface area contributed by atoms with Crippen LogP contribution in [0.15, 0.2) is 18.2 Å². The van der Waals surface area contributed by atoms with E-state index in [4.69, 9.17) is 9.47 Å². The van der Waals surface area contributed by atoms with Crippen molar-refractivity contribution < 1.29 is 19.4 Å². The van der Waals surface area contributed by atoms with Gasteiger partial charge in [-0.3, -0.25) is 4.79 Å². The molecule has 2 aliphatic carbocycles. The van der Waals surface area contributed by atoms with Crippen molar-refractivity contribution in [3.63, 3.8) is 0 Å². The second-order valence-electron chi connectivity index (χ2n) is 9.16. The van der Waals surface area contributed by atoms with E-state index in [-0.39, 0.29) is 29.3 Å². The Morgan fingerprint density at radius 3 is 2.54 bits per heavy atom. The molecule has 28 heavy (non-hydrogen) atoms. The monoisotopic (exact) mass is 387 g/mol. The molecule has 0 bridgehead atoms. The fourth-order valence-electron chi connectivity index (χ4n) is 4.87. The fraction of sp³-hybridized carbons (Fsp3) is 0.696. The zero-order valence-electron chi connectivity index (χ0n) is 17.3. The summed E-state index contributed by atoms with van der Waals surface area (Å²) in [6.07, 6.45) is 6.37. The van der Waals surface area contributed by atoms with Crippen LogP contribution in [0.25, 0.3) is 0 Å². The molecular weight excluding hydrogens is 354 g/mol. The van der Waals surface area contributed by atoms with E-state index in [0.717, 1.165) is 42.7 Å². The highest BCUT2D eigenvalue weighted by molar-refractivity contribution is 5.81. The van der Waals surface area contributed by atoms with Crippen LogP contribution in [0.4, 0.5) is 0 Å². The van der Waals surface area contributed by atoms with Gasteiger partial charge in [0.05, 0.1) is 19.3 Å². The van der Waals surface area contributed by atoms with Crippen LogP contribution in [0.2, 0.25) is 0 Å². The van der Waals surface area contributed by atoms with Crippen LogP contribution in [-0.2, 0) is 4.79 Å². The smallest absolute Gasteiger partial charge is 0.225 e. The van der Waals surface area contributed by atoms with Gasteiger partial charge in [-0.05, 0) is 63.1 Å². The zero-order chi connectivity index (χ0) is 19.9. The summed E-state index contributed by atoms with van der Waals surface area (Å²) in [6, 6.07) is 6.11. The molecule has 1 aromatic rings. The first-order chi connectivity index (χ1) is 13.4. The maximum Gasteiger partial charge on any atom is 0.225 e. The minimum absolute atomic E-state index is 0.0760. The topological polar surface area (TPSA) is 59.0 Å². The maximum absolute atomic E-state index is 12.7. The Morgan fingerprint density at radius 1 is 1.21 bits per heavy atom. The van der Waals surface area contributed by atoms with Crippen LogP contribution >= 0.6 is 0 Å². The van der Waals surface area contributed by atoms with Gasteiger partial charge in [-0.2, -0.15) is 0 Å². The van der Waals surface area contributed by atoms with Gasteiger partial charge in [-0.25, -0.2) is 0 Å². The van der Waals surface area contributed by atoms with E-state index in [1.165, 1.54) is 12.8 Å². The third kappa shape index (κ3) is 3.61. The highest BCUT2D eigenvalue weighted by atomic mass is 16.5. The van der Waals surface area contributed by atoms with Crippen molar-refractivity contribution in [2.24, 2.45) is 11.3 Å². The number of hydrogen-bond donors (Lipinski definition) is 1. The predicted octanol–water partition coefficient (Wildman–Crippen LogP) is 3.74. The lowest BCUT2D eigenvalue weighted by Gasteiger charge is -2.34. The van der Waals surface area contributed by atoms with Crippen LogP contribution in [0.5, 0.6) is 11.5 Å². The van der Waals surface area contributed by atoms with E-state index < -0.39 is 6.10 Å². The van der Waals surface area contributed by atoms with E-state index in [0.29, 0.717) is 13.1 Å². The number of rotatable bonds is 6. The standard InChI is InChI=1S/C23H33NO4/c1-15(25)23(2)14-24(22(26)16-8-9-16)13-19(23)17-10-11-20(27-3)21(12-17)28-18-6-4-5-7-18/h10-12,15-16,18-19,25H,4-9,13-14H2,1-3H3/t15-,19+,23+/m1/s1. The lowest BCUT2D eigenvalue weighted by molar-refractivity contribution is -0.132. The Hall–Kier alpha value is -1.75. The summed E-state index contributed by atoms with van der Waals surface area (Å²) in [4.78, 5) is 14.7. The fourth-order valence-corrected chi connectivity index (χ4v) is 4.87. The second-order valence-corrected chi connectivity index (χ2v) is 9.16. The quantitative estimate of drug-likeness (QED) is 0.808. The lowest BCUT2D eigenvalue weighted by Crippen LogP contribution is -2.38. The molecule has 154 valence electrons. The van der Waals surface area contributed by atoms with Gasteiger partial charge in [0.25, 0.3) is 0 Å². The van der Waals surface area contributed by atoms with Gasteiger partial charge >= 0.3 is 0 Å². The zero-order valence-corrected chi connectivity index (χ0v) is 17.3. The summed E-state index contributed by atoms with van der Waals surface area (Å²) >= 11 is 0. The number of methoxy groups -OCH3 is 1. The third-order valence-corrected chi connectivity index (χ3v) is 7.11. The molecule has 0 radical (unpaired) electrons. The van der Waals surface area contributed by atoms with Crippen LogP contribution in [0.3, 0.4) is 0 Å². The van der Waals surface area contributed by atoms with Crippen molar-refractivity contribution in [1.82, 2.24) is 4.90 Å². The number of amides is 1. The molecule has 3 atom stereocenters. The van der Waals surface area contributed by atoms with Crippen molar-refractivity contribution in [3.8, 4) is 11.5 Å². The van der Waals surface area contributed by atoms with Gasteiger partial charge in [0.1, 0.15) is 0 Å². The van der Waals surface area contributed by atoms with E-state index in [1.54, 1.807) is 7.11 Å². The van der Waals surface area contributed by atoms with E-state index in [9.17, 15) is 9.90 Å². The van der Waals surface area contributed by atoms with Crippen LogP contribution in [-0.4, -0.2) is 48.3 Å². The van der Waals surface area contributed by atoms with Crippen LogP contribution in [0, 0.1) is 11.3 Å². The highest BCUT2D eigenvalue weighted by Crippen LogP contribution is 2.48. The summed E-state index contributed by atoms with van der Waals surface area (Å²) < 4.78 is 11.8. The summed E-state index contributed by atoms with van der Waals surface area (Å²) in [5.41, 5.74) is 0.743. The first kappa shape index (κ1) is 19.6. The molecule has 1 aromatic carbocycles. The number of hydrogen-bond acceptors (Lipinski definition) is 4. The third-order valence-electron chi connectivity index (χ3n) is 7.11. The largest absolute Gasteiger partial charge is 0.493 e. The number of ether oxygens (including phenoxy) is 2. The molecule has 5 heteroatoms. The average molecular weight is 388 g/mol. The van der Waals surface area contributed by atoms with Gasteiger partial charge in [-0.15, -0.1) is 0 Å². The molecule has 0 unspecified atom stereocenters. The lowest BCUT2D eigenvalue weighted by atomic mass is 9.72. The Balaban J connectivity index is 1.62. The molecule has 3 fully saturated rings. The molecule has 2 saturated carbocycles. The number of carbonyl (C=O) groups excluding carboxylic acids is 1. The molecular formula is C23H33NO4. The second kappa shape index (κ2) is 7.58. The minimum Gasteiger partial charge on any atom is -0.493 e. The van der Waals surface area contributed by atoms with Gasteiger partial charge < -0.3 is 19.5 Å². The van der Waals surface area contributed by atoms with Gasteiger partial charge in [0, 0.05) is 30.3 Å². The van der Waals surface area contributed by atoms with Crippen LogP contribution in [0.1, 0.15) is 63.9 Å². The predicted molar refractivity (Wildman–Crippen MR) is 108 cm³/mol. The van der Waals surface area contributed by atoms with Crippen molar-refractivity contribution in [2.75, 3.05) is 20.2 Å². The first-order valence-corrected chi connectivity index (χ1v) is 10.7. The molecule has 3 aliphatic rings. The first-order valence-electron chi connectivity index (χ1n) is 10.7. The molecule has 1 heterocycles. The highest BCUT2D eigenvalue weighted by Gasteiger charge is 2.50. The van der Waals surface area contributed by atoms with Crippen molar-refractivity contribution >= 4 is 5.91 Å². The summed E-state index contributed by atoms with van der Waals surface area (Å²) in [5, 5.41) is 10.6. The molecule has 1 saturated heterocycles. The van der Waals surface area contributed by atoms with Gasteiger partial charge in [0.2, 0.25) is 5.91 Å². The maximum atomic E-state index is 12.7. The summed E-state index contributed by atoms with van der Waals surface area (Å²) in [7, 11) is 1.67. The Bertz CT molecular complexity index is 723. The Morgan fingerprint density at radius 2 is 1.93 bits per heavy atom. The molecule has 1 amide bonds.